The molecule has 1 aromatic heterocycles. The Hall–Kier alpha value is -2.58. The van der Waals surface area contributed by atoms with Gasteiger partial charge in [-0.2, -0.15) is 0 Å². The number of aromatic nitrogens is 1. The minimum absolute atomic E-state index is 0.163. The van der Waals surface area contributed by atoms with E-state index in [4.69, 9.17) is 10.3 Å². The van der Waals surface area contributed by atoms with Gasteiger partial charge in [-0.15, -0.1) is 0 Å². The summed E-state index contributed by atoms with van der Waals surface area (Å²) in [6.45, 7) is 2.46. The number of carbonyl (C=O) groups is 1. The maximum absolute atomic E-state index is 11.9. The quantitative estimate of drug-likeness (QED) is 0.821. The van der Waals surface area contributed by atoms with Crippen molar-refractivity contribution in [2.75, 3.05) is 6.54 Å². The van der Waals surface area contributed by atoms with E-state index in [1.165, 1.54) is 0 Å². The monoisotopic (exact) mass is 269 g/mol. The first-order valence-electron chi connectivity index (χ1n) is 6.18. The predicted molar refractivity (Wildman–Crippen MR) is 74.8 cm³/mol. The third-order valence-corrected chi connectivity index (χ3v) is 2.59. The topological polar surface area (TPSA) is 81.2 Å². The Bertz CT molecular complexity index is 648. The summed E-state index contributed by atoms with van der Waals surface area (Å²) >= 11 is 0. The Morgan fingerprint density at radius 3 is 2.75 bits per heavy atom. The number of nitrogens with one attached hydrogen (secondary N) is 1. The molecule has 5 nitrogen and oxygen atoms in total. The first kappa shape index (κ1) is 13.8. The number of amides is 1. The molecule has 20 heavy (non-hydrogen) atoms. The van der Waals surface area contributed by atoms with E-state index < -0.39 is 0 Å². The van der Waals surface area contributed by atoms with E-state index in [9.17, 15) is 4.79 Å². The summed E-state index contributed by atoms with van der Waals surface area (Å²) in [5, 5.41) is 6.58. The molecule has 0 fully saturated rings. The fraction of sp³-hybridized carbons (Fsp3) is 0.200. The minimum Gasteiger partial charge on any atom is -0.361 e. The molecular weight excluding hydrogens is 254 g/mol. The largest absolute Gasteiger partial charge is 0.361 e. The van der Waals surface area contributed by atoms with E-state index in [0.717, 1.165) is 11.3 Å². The maximum Gasteiger partial charge on any atom is 0.251 e. The van der Waals surface area contributed by atoms with Crippen LogP contribution in [-0.2, 0) is 6.54 Å². The molecule has 0 aliphatic heterocycles. The van der Waals surface area contributed by atoms with Crippen molar-refractivity contribution in [1.29, 1.82) is 0 Å². The van der Waals surface area contributed by atoms with Gasteiger partial charge in [-0.3, -0.25) is 4.79 Å². The summed E-state index contributed by atoms with van der Waals surface area (Å²) in [4.78, 5) is 11.9. The smallest absolute Gasteiger partial charge is 0.251 e. The highest BCUT2D eigenvalue weighted by Gasteiger charge is 2.06. The third-order valence-electron chi connectivity index (χ3n) is 2.59. The number of carbonyl (C=O) groups excluding carboxylic acids is 1. The average molecular weight is 269 g/mol. The molecule has 2 aromatic rings. The molecule has 1 aromatic carbocycles. The van der Waals surface area contributed by atoms with Crippen molar-refractivity contribution in [3.8, 4) is 11.8 Å². The number of hydrogen-bond acceptors (Lipinski definition) is 4. The molecule has 0 aliphatic carbocycles. The van der Waals surface area contributed by atoms with Crippen LogP contribution >= 0.6 is 0 Å². The Labute approximate surface area is 117 Å². The molecule has 2 rings (SSSR count). The minimum atomic E-state index is -0.163. The standard InChI is InChI=1S/C15H15N3O2/c1-11-9-14(18-20-11)10-17-15(19)13-6-4-12(5-7-13)3-2-8-16/h4-7,9H,8,10,16H2,1H3,(H,17,19). The molecule has 102 valence electrons. The van der Waals surface area contributed by atoms with Crippen LogP contribution in [0, 0.1) is 18.8 Å². The number of rotatable bonds is 3. The van der Waals surface area contributed by atoms with E-state index in [1.807, 2.05) is 0 Å². The Kier molecular flexibility index (Phi) is 4.53. The van der Waals surface area contributed by atoms with E-state index >= 15 is 0 Å². The maximum atomic E-state index is 11.9. The van der Waals surface area contributed by atoms with Crippen LogP contribution in [0.5, 0.6) is 0 Å². The van der Waals surface area contributed by atoms with Gasteiger partial charge in [-0.1, -0.05) is 17.0 Å². The van der Waals surface area contributed by atoms with Gasteiger partial charge >= 0.3 is 0 Å². The number of nitrogens with zero attached hydrogens (tertiary/aromatic N) is 1. The predicted octanol–water partition coefficient (Wildman–Crippen LogP) is 1.22. The molecule has 0 unspecified atom stereocenters. The van der Waals surface area contributed by atoms with Crippen molar-refractivity contribution >= 4 is 5.91 Å². The molecule has 0 spiro atoms. The van der Waals surface area contributed by atoms with Gasteiger partial charge in [0.05, 0.1) is 13.1 Å². The van der Waals surface area contributed by atoms with Crippen LogP contribution in [0.1, 0.15) is 27.4 Å². The summed E-state index contributed by atoms with van der Waals surface area (Å²) in [5.41, 5.74) is 7.40. The van der Waals surface area contributed by atoms with E-state index in [2.05, 4.69) is 22.3 Å². The molecule has 0 aliphatic rings. The van der Waals surface area contributed by atoms with E-state index in [0.29, 0.717) is 24.3 Å². The zero-order valence-electron chi connectivity index (χ0n) is 11.1. The third kappa shape index (κ3) is 3.70. The van der Waals surface area contributed by atoms with Crippen LogP contribution in [0.2, 0.25) is 0 Å². The zero-order valence-corrected chi connectivity index (χ0v) is 11.1. The summed E-state index contributed by atoms with van der Waals surface area (Å²) in [5.74, 6) is 6.22. The van der Waals surface area contributed by atoms with Crippen molar-refractivity contribution in [3.05, 3.63) is 52.9 Å². The highest BCUT2D eigenvalue weighted by Crippen LogP contribution is 2.05. The van der Waals surface area contributed by atoms with Crippen LogP contribution in [0.4, 0.5) is 0 Å². The van der Waals surface area contributed by atoms with Gasteiger partial charge in [0, 0.05) is 17.2 Å². The van der Waals surface area contributed by atoms with Crippen LogP contribution in [0.25, 0.3) is 0 Å². The zero-order chi connectivity index (χ0) is 14.4. The second kappa shape index (κ2) is 6.55. The lowest BCUT2D eigenvalue weighted by atomic mass is 10.1. The van der Waals surface area contributed by atoms with Crippen LogP contribution in [-0.4, -0.2) is 17.6 Å². The van der Waals surface area contributed by atoms with Crippen molar-refractivity contribution in [2.45, 2.75) is 13.5 Å². The normalized spacial score (nSPS) is 9.70. The fourth-order valence-corrected chi connectivity index (χ4v) is 1.63. The van der Waals surface area contributed by atoms with E-state index in [1.54, 1.807) is 37.3 Å². The molecule has 0 saturated heterocycles. The Morgan fingerprint density at radius 1 is 1.40 bits per heavy atom. The molecule has 5 heteroatoms. The van der Waals surface area contributed by atoms with Gasteiger partial charge < -0.3 is 15.6 Å². The van der Waals surface area contributed by atoms with Gasteiger partial charge in [0.15, 0.2) is 0 Å². The molecule has 0 radical (unpaired) electrons. The molecule has 0 atom stereocenters. The highest BCUT2D eigenvalue weighted by atomic mass is 16.5. The number of hydrogen-bond donors (Lipinski definition) is 2. The lowest BCUT2D eigenvalue weighted by molar-refractivity contribution is 0.0950. The van der Waals surface area contributed by atoms with Gasteiger partial charge in [-0.25, -0.2) is 0 Å². The lowest BCUT2D eigenvalue weighted by Crippen LogP contribution is -2.22. The molecule has 1 heterocycles. The number of benzene rings is 1. The van der Waals surface area contributed by atoms with Gasteiger partial charge in [0.25, 0.3) is 5.91 Å². The number of aryl methyl sites for hydroxylation is 1. The average Bonchev–Trinajstić information content (AvgIpc) is 2.89. The Balaban J connectivity index is 1.95. The summed E-state index contributed by atoms with van der Waals surface area (Å²) in [6, 6.07) is 8.81. The van der Waals surface area contributed by atoms with Gasteiger partial charge in [0.1, 0.15) is 11.5 Å². The van der Waals surface area contributed by atoms with Gasteiger partial charge in [-0.05, 0) is 31.2 Å². The molecule has 0 saturated carbocycles. The summed E-state index contributed by atoms with van der Waals surface area (Å²) in [7, 11) is 0. The Morgan fingerprint density at radius 2 is 2.15 bits per heavy atom. The summed E-state index contributed by atoms with van der Waals surface area (Å²) < 4.78 is 4.93. The molecular formula is C15H15N3O2. The first-order chi connectivity index (χ1) is 9.69. The van der Waals surface area contributed by atoms with Crippen LogP contribution in [0.15, 0.2) is 34.9 Å². The second-order valence-corrected chi connectivity index (χ2v) is 4.19. The second-order valence-electron chi connectivity index (χ2n) is 4.19. The summed E-state index contributed by atoms with van der Waals surface area (Å²) in [6.07, 6.45) is 0. The van der Waals surface area contributed by atoms with Crippen LogP contribution < -0.4 is 11.1 Å². The fourth-order valence-electron chi connectivity index (χ4n) is 1.63. The molecule has 3 N–H and O–H groups in total. The van der Waals surface area contributed by atoms with Crippen molar-refractivity contribution in [3.63, 3.8) is 0 Å². The van der Waals surface area contributed by atoms with Gasteiger partial charge in [0.2, 0.25) is 0 Å². The number of nitrogens with two attached hydrogens (primary N) is 1. The lowest BCUT2D eigenvalue weighted by Gasteiger charge is -2.02. The highest BCUT2D eigenvalue weighted by molar-refractivity contribution is 5.94. The van der Waals surface area contributed by atoms with E-state index in [-0.39, 0.29) is 5.91 Å². The van der Waals surface area contributed by atoms with Crippen molar-refractivity contribution in [1.82, 2.24) is 10.5 Å². The molecule has 1 amide bonds. The molecule has 0 bridgehead atoms. The SMILES string of the molecule is Cc1cc(CNC(=O)c2ccc(C#CCN)cc2)no1. The van der Waals surface area contributed by atoms with Crippen molar-refractivity contribution < 1.29 is 9.32 Å². The van der Waals surface area contributed by atoms with Crippen molar-refractivity contribution in [2.24, 2.45) is 5.73 Å². The first-order valence-corrected chi connectivity index (χ1v) is 6.18. The van der Waals surface area contributed by atoms with Crippen LogP contribution in [0.3, 0.4) is 0 Å².